The molecule has 1 aliphatic rings. The number of nitrogens with zero attached hydrogens (tertiary/aromatic N) is 5. The third-order valence-electron chi connectivity index (χ3n) is 5.77. The summed E-state index contributed by atoms with van der Waals surface area (Å²) in [4.78, 5) is 14.9. The second kappa shape index (κ2) is 11.5. The lowest BCUT2D eigenvalue weighted by atomic mass is 10.0. The van der Waals surface area contributed by atoms with E-state index in [0.29, 0.717) is 32.7 Å². The summed E-state index contributed by atoms with van der Waals surface area (Å²) in [5.74, 6) is 3.18. The number of ether oxygens (including phenoxy) is 2. The van der Waals surface area contributed by atoms with Crippen molar-refractivity contribution in [3.8, 4) is 11.5 Å². The SMILES string of the molecule is COc1cc(CNC[C@@]2(O)CCN(c3cc(N(C)C)ncn3)C2)ccc1OCCCN(C)C. The Balaban J connectivity index is 1.50. The maximum atomic E-state index is 11.1. The van der Waals surface area contributed by atoms with Crippen molar-refractivity contribution in [1.29, 1.82) is 0 Å². The minimum atomic E-state index is -0.803. The highest BCUT2D eigenvalue weighted by molar-refractivity contribution is 5.50. The van der Waals surface area contributed by atoms with E-state index >= 15 is 0 Å². The molecule has 2 N–H and O–H groups in total. The summed E-state index contributed by atoms with van der Waals surface area (Å²) in [6, 6.07) is 7.93. The Hall–Kier alpha value is -2.62. The molecule has 9 nitrogen and oxygen atoms in total. The van der Waals surface area contributed by atoms with Crippen molar-refractivity contribution in [2.45, 2.75) is 25.0 Å². The smallest absolute Gasteiger partial charge is 0.161 e. The van der Waals surface area contributed by atoms with Gasteiger partial charge >= 0.3 is 0 Å². The topological polar surface area (TPSA) is 86.2 Å². The van der Waals surface area contributed by atoms with Crippen LogP contribution in [0.1, 0.15) is 18.4 Å². The van der Waals surface area contributed by atoms with E-state index in [-0.39, 0.29) is 0 Å². The maximum absolute atomic E-state index is 11.1. The summed E-state index contributed by atoms with van der Waals surface area (Å²) in [7, 11) is 9.67. The zero-order valence-electron chi connectivity index (χ0n) is 20.5. The highest BCUT2D eigenvalue weighted by Gasteiger charge is 2.36. The Morgan fingerprint density at radius 2 is 1.97 bits per heavy atom. The third kappa shape index (κ3) is 7.18. The fourth-order valence-corrected chi connectivity index (χ4v) is 3.89. The van der Waals surface area contributed by atoms with Crippen molar-refractivity contribution < 1.29 is 14.6 Å². The van der Waals surface area contributed by atoms with Gasteiger partial charge in [-0.15, -0.1) is 0 Å². The van der Waals surface area contributed by atoms with Crippen molar-refractivity contribution >= 4 is 11.6 Å². The van der Waals surface area contributed by atoms with Crippen LogP contribution in [0, 0.1) is 0 Å². The van der Waals surface area contributed by atoms with E-state index < -0.39 is 5.60 Å². The van der Waals surface area contributed by atoms with Crippen LogP contribution in [0.15, 0.2) is 30.6 Å². The maximum Gasteiger partial charge on any atom is 0.161 e. The fraction of sp³-hybridized carbons (Fsp3) is 0.583. The van der Waals surface area contributed by atoms with Gasteiger partial charge in [0.2, 0.25) is 0 Å². The number of aromatic nitrogens is 2. The number of nitrogens with one attached hydrogen (secondary N) is 1. The van der Waals surface area contributed by atoms with Gasteiger partial charge in [0, 0.05) is 52.9 Å². The highest BCUT2D eigenvalue weighted by Crippen LogP contribution is 2.29. The van der Waals surface area contributed by atoms with E-state index in [0.717, 1.165) is 48.2 Å². The number of methoxy groups -OCH3 is 1. The molecule has 0 radical (unpaired) electrons. The lowest BCUT2D eigenvalue weighted by Gasteiger charge is -2.25. The van der Waals surface area contributed by atoms with Gasteiger partial charge in [0.1, 0.15) is 18.0 Å². The number of β-amino-alcohol motifs (C(OH)–C–C–N with tert-alkyl or cyclic N) is 1. The van der Waals surface area contributed by atoms with Gasteiger partial charge in [0.05, 0.1) is 19.3 Å². The molecule has 1 aromatic carbocycles. The van der Waals surface area contributed by atoms with Crippen LogP contribution in [0.2, 0.25) is 0 Å². The number of rotatable bonds is 12. The van der Waals surface area contributed by atoms with Gasteiger partial charge in [-0.2, -0.15) is 0 Å². The third-order valence-corrected chi connectivity index (χ3v) is 5.77. The van der Waals surface area contributed by atoms with Crippen LogP contribution in [0.5, 0.6) is 11.5 Å². The molecular formula is C24H38N6O3. The Morgan fingerprint density at radius 1 is 1.15 bits per heavy atom. The molecule has 0 spiro atoms. The molecule has 0 unspecified atom stereocenters. The van der Waals surface area contributed by atoms with Crippen LogP contribution >= 0.6 is 0 Å². The van der Waals surface area contributed by atoms with Crippen LogP contribution in [0.4, 0.5) is 11.6 Å². The fourth-order valence-electron chi connectivity index (χ4n) is 3.89. The summed E-state index contributed by atoms with van der Waals surface area (Å²) in [6.07, 6.45) is 3.22. The first-order chi connectivity index (χ1) is 15.8. The summed E-state index contributed by atoms with van der Waals surface area (Å²) >= 11 is 0. The zero-order chi connectivity index (χ0) is 23.8. The van der Waals surface area contributed by atoms with Gasteiger partial charge in [0.25, 0.3) is 0 Å². The molecule has 0 bridgehead atoms. The molecule has 1 aliphatic heterocycles. The van der Waals surface area contributed by atoms with Crippen molar-refractivity contribution in [2.24, 2.45) is 0 Å². The number of anilines is 2. The molecule has 3 rings (SSSR count). The lowest BCUT2D eigenvalue weighted by Crippen LogP contribution is -2.43. The summed E-state index contributed by atoms with van der Waals surface area (Å²) in [6.45, 7) is 4.07. The Kier molecular flexibility index (Phi) is 8.71. The Morgan fingerprint density at radius 3 is 2.70 bits per heavy atom. The number of aliphatic hydroxyl groups is 1. The van der Waals surface area contributed by atoms with Crippen molar-refractivity contribution in [1.82, 2.24) is 20.2 Å². The molecule has 182 valence electrons. The molecule has 33 heavy (non-hydrogen) atoms. The molecule has 1 aromatic heterocycles. The number of benzene rings is 1. The molecule has 0 saturated carbocycles. The molecule has 1 saturated heterocycles. The van der Waals surface area contributed by atoms with Crippen LogP contribution in [-0.4, -0.2) is 93.7 Å². The molecule has 2 heterocycles. The van der Waals surface area contributed by atoms with Gasteiger partial charge in [-0.25, -0.2) is 9.97 Å². The molecule has 0 aliphatic carbocycles. The molecule has 0 amide bonds. The van der Waals surface area contributed by atoms with E-state index in [1.54, 1.807) is 13.4 Å². The minimum Gasteiger partial charge on any atom is -0.493 e. The Bertz CT molecular complexity index is 894. The number of hydrogen-bond donors (Lipinski definition) is 2. The molecule has 1 fully saturated rings. The van der Waals surface area contributed by atoms with E-state index in [4.69, 9.17) is 9.47 Å². The van der Waals surface area contributed by atoms with Gasteiger partial charge in [-0.1, -0.05) is 6.07 Å². The molecular weight excluding hydrogens is 420 g/mol. The van der Waals surface area contributed by atoms with E-state index in [9.17, 15) is 5.11 Å². The van der Waals surface area contributed by atoms with Crippen molar-refractivity contribution in [3.05, 3.63) is 36.2 Å². The average Bonchev–Trinajstić information content (AvgIpc) is 3.19. The normalized spacial score (nSPS) is 18.1. The average molecular weight is 459 g/mol. The van der Waals surface area contributed by atoms with E-state index in [2.05, 4.69) is 39.2 Å². The minimum absolute atomic E-state index is 0.500. The van der Waals surface area contributed by atoms with Gasteiger partial charge in [0.15, 0.2) is 11.5 Å². The molecule has 1 atom stereocenters. The van der Waals surface area contributed by atoms with Gasteiger partial charge in [-0.3, -0.25) is 0 Å². The van der Waals surface area contributed by atoms with Crippen LogP contribution < -0.4 is 24.6 Å². The lowest BCUT2D eigenvalue weighted by molar-refractivity contribution is 0.0626. The summed E-state index contributed by atoms with van der Waals surface area (Å²) < 4.78 is 11.4. The molecule has 9 heteroatoms. The first-order valence-corrected chi connectivity index (χ1v) is 11.4. The second-order valence-electron chi connectivity index (χ2n) is 9.12. The molecule has 2 aromatic rings. The van der Waals surface area contributed by atoms with Crippen LogP contribution in [0.25, 0.3) is 0 Å². The van der Waals surface area contributed by atoms with Gasteiger partial charge < -0.3 is 34.6 Å². The van der Waals surface area contributed by atoms with Crippen LogP contribution in [-0.2, 0) is 6.54 Å². The Labute approximate surface area is 197 Å². The summed E-state index contributed by atoms with van der Waals surface area (Å²) in [5.41, 5.74) is 0.278. The standard InChI is InChI=1S/C24H38N6O3/c1-28(2)10-6-12-33-20-8-7-19(13-21(20)32-5)15-25-16-24(31)9-11-30(17-24)23-14-22(29(3)4)26-18-27-23/h7-8,13-14,18,25,31H,6,9-12,15-17H2,1-5H3/t24-/m0/s1. The van der Waals surface area contributed by atoms with E-state index in [1.807, 2.05) is 43.3 Å². The van der Waals surface area contributed by atoms with Crippen LogP contribution in [0.3, 0.4) is 0 Å². The largest absolute Gasteiger partial charge is 0.493 e. The monoisotopic (exact) mass is 458 g/mol. The first kappa shape index (κ1) is 25.0. The van der Waals surface area contributed by atoms with E-state index in [1.165, 1.54) is 0 Å². The number of hydrogen-bond acceptors (Lipinski definition) is 9. The quantitative estimate of drug-likeness (QED) is 0.461. The van der Waals surface area contributed by atoms with Crippen molar-refractivity contribution in [2.75, 3.05) is 77.9 Å². The highest BCUT2D eigenvalue weighted by atomic mass is 16.5. The second-order valence-corrected chi connectivity index (χ2v) is 9.12. The van der Waals surface area contributed by atoms with Gasteiger partial charge in [-0.05, 0) is 44.6 Å². The zero-order valence-corrected chi connectivity index (χ0v) is 20.5. The van der Waals surface area contributed by atoms with Crippen molar-refractivity contribution in [3.63, 3.8) is 0 Å². The predicted molar refractivity (Wildman–Crippen MR) is 132 cm³/mol. The summed E-state index contributed by atoms with van der Waals surface area (Å²) in [5, 5.41) is 14.5. The predicted octanol–water partition coefficient (Wildman–Crippen LogP) is 1.61. The first-order valence-electron chi connectivity index (χ1n) is 11.4.